The smallest absolute Gasteiger partial charge is 0.0992 e. The molecule has 0 aromatic heterocycles. The molecule has 0 aliphatic heterocycles. The van der Waals surface area contributed by atoms with E-state index in [-0.39, 0.29) is 0 Å². The SMILES string of the molecule is CN(CCC1CC1)c1cccc(C#N)c1. The van der Waals surface area contributed by atoms with Crippen LogP contribution < -0.4 is 4.90 Å². The number of hydrogen-bond donors (Lipinski definition) is 0. The molecule has 0 spiro atoms. The maximum absolute atomic E-state index is 8.80. The third-order valence-corrected chi connectivity index (χ3v) is 2.99. The Morgan fingerprint density at radius 1 is 1.47 bits per heavy atom. The van der Waals surface area contributed by atoms with Gasteiger partial charge in [0.1, 0.15) is 0 Å². The van der Waals surface area contributed by atoms with Gasteiger partial charge in [-0.15, -0.1) is 0 Å². The van der Waals surface area contributed by atoms with Crippen molar-refractivity contribution < 1.29 is 0 Å². The predicted molar refractivity (Wildman–Crippen MR) is 61.8 cm³/mol. The second-order valence-corrected chi connectivity index (χ2v) is 4.32. The van der Waals surface area contributed by atoms with E-state index < -0.39 is 0 Å². The van der Waals surface area contributed by atoms with Gasteiger partial charge in [-0.1, -0.05) is 18.9 Å². The third-order valence-electron chi connectivity index (χ3n) is 2.99. The maximum Gasteiger partial charge on any atom is 0.0992 e. The van der Waals surface area contributed by atoms with Gasteiger partial charge in [0.2, 0.25) is 0 Å². The zero-order valence-electron chi connectivity index (χ0n) is 9.11. The number of benzene rings is 1. The first-order chi connectivity index (χ1) is 7.29. The minimum absolute atomic E-state index is 0.741. The Morgan fingerprint density at radius 3 is 2.93 bits per heavy atom. The van der Waals surface area contributed by atoms with E-state index in [1.807, 2.05) is 18.2 Å². The molecule has 2 nitrogen and oxygen atoms in total. The number of nitriles is 1. The largest absolute Gasteiger partial charge is 0.375 e. The van der Waals surface area contributed by atoms with Crippen molar-refractivity contribution in [2.24, 2.45) is 5.92 Å². The van der Waals surface area contributed by atoms with Crippen LogP contribution in [0.1, 0.15) is 24.8 Å². The molecule has 0 heterocycles. The fourth-order valence-corrected chi connectivity index (χ4v) is 1.72. The monoisotopic (exact) mass is 200 g/mol. The van der Waals surface area contributed by atoms with Gasteiger partial charge >= 0.3 is 0 Å². The van der Waals surface area contributed by atoms with Crippen molar-refractivity contribution in [3.8, 4) is 6.07 Å². The van der Waals surface area contributed by atoms with Gasteiger partial charge in [-0.05, 0) is 30.5 Å². The zero-order valence-corrected chi connectivity index (χ0v) is 9.11. The summed E-state index contributed by atoms with van der Waals surface area (Å²) in [7, 11) is 2.10. The topological polar surface area (TPSA) is 27.0 Å². The van der Waals surface area contributed by atoms with Crippen molar-refractivity contribution in [1.82, 2.24) is 0 Å². The molecule has 1 aromatic carbocycles. The molecule has 78 valence electrons. The molecule has 1 aliphatic rings. The predicted octanol–water partition coefficient (Wildman–Crippen LogP) is 2.79. The summed E-state index contributed by atoms with van der Waals surface area (Å²) in [4.78, 5) is 2.24. The van der Waals surface area contributed by atoms with Crippen LogP contribution in [0, 0.1) is 17.2 Å². The summed E-state index contributed by atoms with van der Waals surface area (Å²) in [6.07, 6.45) is 4.10. The lowest BCUT2D eigenvalue weighted by molar-refractivity contribution is 0.711. The second-order valence-electron chi connectivity index (χ2n) is 4.32. The van der Waals surface area contributed by atoms with Crippen LogP contribution >= 0.6 is 0 Å². The summed E-state index contributed by atoms with van der Waals surface area (Å²) in [6, 6.07) is 9.98. The van der Waals surface area contributed by atoms with Crippen LogP contribution in [0.3, 0.4) is 0 Å². The van der Waals surface area contributed by atoms with Crippen LogP contribution in [0.25, 0.3) is 0 Å². The minimum Gasteiger partial charge on any atom is -0.375 e. The molecule has 0 radical (unpaired) electrons. The Kier molecular flexibility index (Phi) is 2.91. The molecule has 1 saturated carbocycles. The molecule has 2 heteroatoms. The van der Waals surface area contributed by atoms with Gasteiger partial charge in [0, 0.05) is 19.3 Å². The van der Waals surface area contributed by atoms with Crippen molar-refractivity contribution in [1.29, 1.82) is 5.26 Å². The van der Waals surface area contributed by atoms with E-state index >= 15 is 0 Å². The highest BCUT2D eigenvalue weighted by Gasteiger charge is 2.21. The van der Waals surface area contributed by atoms with Crippen LogP contribution in [0.15, 0.2) is 24.3 Å². The molecule has 0 unspecified atom stereocenters. The number of anilines is 1. The molecule has 1 aliphatic carbocycles. The van der Waals surface area contributed by atoms with Gasteiger partial charge in [-0.3, -0.25) is 0 Å². The third kappa shape index (κ3) is 2.73. The van der Waals surface area contributed by atoms with Gasteiger partial charge < -0.3 is 4.90 Å². The summed E-state index contributed by atoms with van der Waals surface area (Å²) < 4.78 is 0. The van der Waals surface area contributed by atoms with Crippen LogP contribution in [-0.2, 0) is 0 Å². The summed E-state index contributed by atoms with van der Waals surface area (Å²) in [6.45, 7) is 1.10. The van der Waals surface area contributed by atoms with E-state index in [4.69, 9.17) is 5.26 Å². The second kappa shape index (κ2) is 4.35. The van der Waals surface area contributed by atoms with E-state index in [9.17, 15) is 0 Å². The molecule has 0 bridgehead atoms. The minimum atomic E-state index is 0.741. The van der Waals surface area contributed by atoms with E-state index in [1.54, 1.807) is 0 Å². The van der Waals surface area contributed by atoms with Crippen molar-refractivity contribution >= 4 is 5.69 Å². The average molecular weight is 200 g/mol. The summed E-state index contributed by atoms with van der Waals surface area (Å²) in [5, 5.41) is 8.80. The standard InChI is InChI=1S/C13H16N2/c1-15(8-7-11-5-6-11)13-4-2-3-12(9-13)10-14/h2-4,9,11H,5-8H2,1H3. The van der Waals surface area contributed by atoms with Gasteiger partial charge in [0.15, 0.2) is 0 Å². The van der Waals surface area contributed by atoms with Crippen molar-refractivity contribution in [2.75, 3.05) is 18.5 Å². The normalized spacial score (nSPS) is 14.7. The van der Waals surface area contributed by atoms with Crippen molar-refractivity contribution in [3.05, 3.63) is 29.8 Å². The van der Waals surface area contributed by atoms with Gasteiger partial charge in [0.25, 0.3) is 0 Å². The molecule has 1 fully saturated rings. The van der Waals surface area contributed by atoms with E-state index in [0.29, 0.717) is 0 Å². The lowest BCUT2D eigenvalue weighted by atomic mass is 10.2. The highest BCUT2D eigenvalue weighted by atomic mass is 15.1. The summed E-state index contributed by atoms with van der Waals surface area (Å²) in [5.41, 5.74) is 1.89. The number of nitrogens with zero attached hydrogens (tertiary/aromatic N) is 2. The van der Waals surface area contributed by atoms with Crippen molar-refractivity contribution in [3.63, 3.8) is 0 Å². The van der Waals surface area contributed by atoms with Crippen molar-refractivity contribution in [2.45, 2.75) is 19.3 Å². The van der Waals surface area contributed by atoms with E-state index in [1.165, 1.54) is 19.3 Å². The highest BCUT2D eigenvalue weighted by Crippen LogP contribution is 2.32. The highest BCUT2D eigenvalue weighted by molar-refractivity contribution is 5.50. The lowest BCUT2D eigenvalue weighted by Gasteiger charge is -2.19. The number of rotatable bonds is 4. The molecule has 0 atom stereocenters. The zero-order chi connectivity index (χ0) is 10.7. The molecule has 1 aromatic rings. The fourth-order valence-electron chi connectivity index (χ4n) is 1.72. The van der Waals surface area contributed by atoms with Crippen LogP contribution in [0.5, 0.6) is 0 Å². The Hall–Kier alpha value is -1.49. The first-order valence-electron chi connectivity index (χ1n) is 5.51. The molecule has 2 rings (SSSR count). The first kappa shape index (κ1) is 10.0. The molecule has 0 amide bonds. The molecule has 0 saturated heterocycles. The lowest BCUT2D eigenvalue weighted by Crippen LogP contribution is -2.18. The molecule has 0 N–H and O–H groups in total. The molecular weight excluding hydrogens is 184 g/mol. The first-order valence-corrected chi connectivity index (χ1v) is 5.51. The van der Waals surface area contributed by atoms with E-state index in [2.05, 4.69) is 24.1 Å². The van der Waals surface area contributed by atoms with Crippen LogP contribution in [0.4, 0.5) is 5.69 Å². The summed E-state index contributed by atoms with van der Waals surface area (Å²) in [5.74, 6) is 0.964. The average Bonchev–Trinajstić information content (AvgIpc) is 3.10. The van der Waals surface area contributed by atoms with E-state index in [0.717, 1.165) is 23.7 Å². The fraction of sp³-hybridized carbons (Fsp3) is 0.462. The number of hydrogen-bond acceptors (Lipinski definition) is 2. The van der Waals surface area contributed by atoms with Gasteiger partial charge in [0.05, 0.1) is 11.6 Å². The maximum atomic E-state index is 8.80. The Labute approximate surface area is 91.1 Å². The Morgan fingerprint density at radius 2 is 2.27 bits per heavy atom. The van der Waals surface area contributed by atoms with Gasteiger partial charge in [-0.25, -0.2) is 0 Å². The Bertz CT molecular complexity index is 374. The van der Waals surface area contributed by atoms with Crippen LogP contribution in [0.2, 0.25) is 0 Å². The molecule has 15 heavy (non-hydrogen) atoms. The Balaban J connectivity index is 1.97. The van der Waals surface area contributed by atoms with Gasteiger partial charge in [-0.2, -0.15) is 5.26 Å². The molecular formula is C13H16N2. The summed E-state index contributed by atoms with van der Waals surface area (Å²) >= 11 is 0. The quantitative estimate of drug-likeness (QED) is 0.747. The van der Waals surface area contributed by atoms with Crippen LogP contribution in [-0.4, -0.2) is 13.6 Å².